The lowest BCUT2D eigenvalue weighted by Gasteiger charge is -2.31. The summed E-state index contributed by atoms with van der Waals surface area (Å²) in [4.78, 5) is 13.9. The summed E-state index contributed by atoms with van der Waals surface area (Å²) in [5.41, 5.74) is 0.916. The van der Waals surface area contributed by atoms with Gasteiger partial charge in [0.05, 0.1) is 18.3 Å². The average molecular weight is 366 g/mol. The van der Waals surface area contributed by atoms with Crippen molar-refractivity contribution in [3.8, 4) is 0 Å². The van der Waals surface area contributed by atoms with Crippen LogP contribution in [-0.2, 0) is 11.2 Å². The van der Waals surface area contributed by atoms with Crippen LogP contribution in [-0.4, -0.2) is 19.0 Å². The van der Waals surface area contributed by atoms with E-state index in [0.717, 1.165) is 18.2 Å². The second kappa shape index (κ2) is 7.35. The van der Waals surface area contributed by atoms with Gasteiger partial charge in [-0.2, -0.15) is 0 Å². The van der Waals surface area contributed by atoms with E-state index in [1.165, 1.54) is 12.1 Å². The van der Waals surface area contributed by atoms with Gasteiger partial charge in [0.15, 0.2) is 0 Å². The number of rotatable bonds is 4. The molecule has 0 radical (unpaired) electrons. The predicted molar refractivity (Wildman–Crippen MR) is 89.8 cm³/mol. The number of halogens is 4. The highest BCUT2D eigenvalue weighted by Gasteiger charge is 2.24. The Hall–Kier alpha value is -2.57. The maximum Gasteiger partial charge on any atom is 0.239 e. The molecule has 3 rings (SSSR count). The van der Waals surface area contributed by atoms with Crippen LogP contribution >= 0.6 is 0 Å². The van der Waals surface area contributed by atoms with Gasteiger partial charge in [-0.15, -0.1) is 0 Å². The highest BCUT2D eigenvalue weighted by molar-refractivity contribution is 5.82. The summed E-state index contributed by atoms with van der Waals surface area (Å²) in [6.45, 7) is 1.90. The third-order valence-electron chi connectivity index (χ3n) is 4.44. The molecule has 0 spiro atoms. The van der Waals surface area contributed by atoms with Crippen LogP contribution in [0.15, 0.2) is 30.3 Å². The molecule has 0 saturated heterocycles. The Morgan fingerprint density at radius 3 is 2.58 bits per heavy atom. The van der Waals surface area contributed by atoms with Gasteiger partial charge in [-0.3, -0.25) is 4.79 Å². The maximum atomic E-state index is 14.2. The highest BCUT2D eigenvalue weighted by Crippen LogP contribution is 2.30. The molecule has 0 saturated carbocycles. The van der Waals surface area contributed by atoms with Crippen molar-refractivity contribution >= 4 is 11.6 Å². The molecule has 0 bridgehead atoms. The second-order valence-electron chi connectivity index (χ2n) is 6.38. The van der Waals surface area contributed by atoms with E-state index < -0.39 is 35.2 Å². The van der Waals surface area contributed by atoms with Crippen LogP contribution in [0.3, 0.4) is 0 Å². The van der Waals surface area contributed by atoms with Crippen molar-refractivity contribution in [3.05, 3.63) is 64.7 Å². The quantitative estimate of drug-likeness (QED) is 0.833. The minimum atomic E-state index is -0.748. The van der Waals surface area contributed by atoms with Crippen LogP contribution in [0.1, 0.15) is 30.5 Å². The van der Waals surface area contributed by atoms with E-state index >= 15 is 0 Å². The summed E-state index contributed by atoms with van der Waals surface area (Å²) in [5, 5.41) is 2.63. The Bertz CT molecular complexity index is 841. The van der Waals surface area contributed by atoms with Crippen LogP contribution in [0.5, 0.6) is 0 Å². The van der Waals surface area contributed by atoms with E-state index in [0.29, 0.717) is 24.9 Å². The van der Waals surface area contributed by atoms with E-state index in [-0.39, 0.29) is 17.8 Å². The number of nitrogens with zero attached hydrogens (tertiary/aromatic N) is 1. The standard InChI is InChI=1S/C19H18F4N2O/c1-11(15-5-4-13(20)8-16(15)22)24-18(26)10-25-6-2-3-12-7-14(21)9-17(23)19(12)25/h4-5,7-9,11H,2-3,6,10H2,1H3,(H,24,26)/t11-/m1/s1. The predicted octanol–water partition coefficient (Wildman–Crippen LogP) is 3.87. The lowest BCUT2D eigenvalue weighted by Crippen LogP contribution is -2.41. The number of aryl methyl sites for hydroxylation is 1. The van der Waals surface area contributed by atoms with Crippen molar-refractivity contribution in [3.63, 3.8) is 0 Å². The SMILES string of the molecule is C[C@@H](NC(=O)CN1CCCc2cc(F)cc(F)c21)c1ccc(F)cc1F. The van der Waals surface area contributed by atoms with E-state index in [2.05, 4.69) is 5.32 Å². The molecule has 7 heteroatoms. The fourth-order valence-corrected chi connectivity index (χ4v) is 3.29. The van der Waals surface area contributed by atoms with E-state index in [9.17, 15) is 22.4 Å². The molecule has 1 amide bonds. The first kappa shape index (κ1) is 18.2. The molecule has 3 nitrogen and oxygen atoms in total. The third kappa shape index (κ3) is 3.81. The van der Waals surface area contributed by atoms with Gasteiger partial charge in [0.2, 0.25) is 5.91 Å². The van der Waals surface area contributed by atoms with Crippen molar-refractivity contribution in [2.75, 3.05) is 18.0 Å². The first-order valence-electron chi connectivity index (χ1n) is 8.32. The molecule has 1 N–H and O–H groups in total. The Morgan fingerprint density at radius 2 is 1.85 bits per heavy atom. The topological polar surface area (TPSA) is 32.3 Å². The van der Waals surface area contributed by atoms with Gasteiger partial charge < -0.3 is 10.2 Å². The number of fused-ring (bicyclic) bond motifs is 1. The summed E-state index contributed by atoms with van der Waals surface area (Å²) in [6, 6.07) is 4.54. The molecule has 1 aliphatic rings. The summed E-state index contributed by atoms with van der Waals surface area (Å²) in [6.07, 6.45) is 1.21. The Morgan fingerprint density at radius 1 is 1.12 bits per heavy atom. The number of nitrogens with one attached hydrogen (secondary N) is 1. The zero-order valence-corrected chi connectivity index (χ0v) is 14.2. The van der Waals surface area contributed by atoms with Crippen LogP contribution in [0.2, 0.25) is 0 Å². The van der Waals surface area contributed by atoms with Gasteiger partial charge in [0, 0.05) is 24.2 Å². The van der Waals surface area contributed by atoms with Crippen molar-refractivity contribution in [1.29, 1.82) is 0 Å². The first-order valence-corrected chi connectivity index (χ1v) is 8.32. The summed E-state index contributed by atoms with van der Waals surface area (Å²) >= 11 is 0. The zero-order valence-electron chi connectivity index (χ0n) is 14.2. The lowest BCUT2D eigenvalue weighted by atomic mass is 10.0. The van der Waals surface area contributed by atoms with Crippen molar-refractivity contribution in [2.24, 2.45) is 0 Å². The molecule has 0 unspecified atom stereocenters. The molecular weight excluding hydrogens is 348 g/mol. The molecule has 0 aliphatic carbocycles. The second-order valence-corrected chi connectivity index (χ2v) is 6.38. The Kier molecular flexibility index (Phi) is 5.15. The maximum absolute atomic E-state index is 14.2. The number of benzene rings is 2. The summed E-state index contributed by atoms with van der Waals surface area (Å²) in [5.74, 6) is -3.23. The molecule has 2 aromatic carbocycles. The molecule has 138 valence electrons. The van der Waals surface area contributed by atoms with Crippen LogP contribution < -0.4 is 10.2 Å². The number of anilines is 1. The first-order chi connectivity index (χ1) is 12.3. The number of carbonyl (C=O) groups is 1. The van der Waals surface area contributed by atoms with Crippen LogP contribution in [0, 0.1) is 23.3 Å². The minimum absolute atomic E-state index is 0.136. The molecule has 26 heavy (non-hydrogen) atoms. The van der Waals surface area contributed by atoms with Crippen molar-refractivity contribution < 1.29 is 22.4 Å². The summed E-state index contributed by atoms with van der Waals surface area (Å²) < 4.78 is 54.3. The average Bonchev–Trinajstić information content (AvgIpc) is 2.53. The lowest BCUT2D eigenvalue weighted by molar-refractivity contribution is -0.120. The number of hydrogen-bond acceptors (Lipinski definition) is 2. The fraction of sp³-hybridized carbons (Fsp3) is 0.316. The monoisotopic (exact) mass is 366 g/mol. The molecule has 0 aromatic heterocycles. The molecule has 1 aliphatic heterocycles. The molecule has 1 atom stereocenters. The van der Waals surface area contributed by atoms with Crippen molar-refractivity contribution in [2.45, 2.75) is 25.8 Å². The van der Waals surface area contributed by atoms with Gasteiger partial charge in [-0.1, -0.05) is 6.07 Å². The minimum Gasteiger partial charge on any atom is -0.360 e. The normalized spacial score (nSPS) is 14.7. The molecule has 1 heterocycles. The molecule has 0 fully saturated rings. The fourth-order valence-electron chi connectivity index (χ4n) is 3.29. The Balaban J connectivity index is 1.71. The van der Waals surface area contributed by atoms with Gasteiger partial charge in [0.1, 0.15) is 23.3 Å². The number of amides is 1. The number of carbonyl (C=O) groups excluding carboxylic acids is 1. The largest absolute Gasteiger partial charge is 0.360 e. The van der Waals surface area contributed by atoms with Gasteiger partial charge in [-0.05, 0) is 37.5 Å². The van der Waals surface area contributed by atoms with Crippen LogP contribution in [0.4, 0.5) is 23.2 Å². The number of hydrogen-bond donors (Lipinski definition) is 1. The van der Waals surface area contributed by atoms with Gasteiger partial charge in [-0.25, -0.2) is 17.6 Å². The Labute approximate surface area is 148 Å². The molecular formula is C19H18F4N2O. The van der Waals surface area contributed by atoms with Gasteiger partial charge >= 0.3 is 0 Å². The highest BCUT2D eigenvalue weighted by atomic mass is 19.1. The van der Waals surface area contributed by atoms with Crippen LogP contribution in [0.25, 0.3) is 0 Å². The zero-order chi connectivity index (χ0) is 18.8. The summed E-state index contributed by atoms with van der Waals surface area (Å²) in [7, 11) is 0. The molecule has 2 aromatic rings. The van der Waals surface area contributed by atoms with Gasteiger partial charge in [0.25, 0.3) is 0 Å². The third-order valence-corrected chi connectivity index (χ3v) is 4.44. The smallest absolute Gasteiger partial charge is 0.239 e. The van der Waals surface area contributed by atoms with Crippen molar-refractivity contribution in [1.82, 2.24) is 5.32 Å². The van der Waals surface area contributed by atoms with E-state index in [4.69, 9.17) is 0 Å². The van der Waals surface area contributed by atoms with E-state index in [1.54, 1.807) is 11.8 Å². The van der Waals surface area contributed by atoms with E-state index in [1.807, 2.05) is 0 Å².